The molecule has 0 aliphatic heterocycles. The maximum absolute atomic E-state index is 11.2. The summed E-state index contributed by atoms with van der Waals surface area (Å²) in [5.74, 6) is 0.246. The Morgan fingerprint density at radius 3 is 2.50 bits per heavy atom. The van der Waals surface area contributed by atoms with Crippen molar-refractivity contribution in [2.75, 3.05) is 0 Å². The van der Waals surface area contributed by atoms with Gasteiger partial charge in [0.25, 0.3) is 0 Å². The van der Waals surface area contributed by atoms with E-state index in [0.29, 0.717) is 5.92 Å². The van der Waals surface area contributed by atoms with Crippen molar-refractivity contribution in [1.82, 2.24) is 15.0 Å². The van der Waals surface area contributed by atoms with Crippen LogP contribution in [0.1, 0.15) is 67.0 Å². The van der Waals surface area contributed by atoms with Crippen molar-refractivity contribution in [3.05, 3.63) is 11.4 Å². The van der Waals surface area contributed by atoms with Crippen LogP contribution >= 0.6 is 0 Å². The van der Waals surface area contributed by atoms with Gasteiger partial charge in [-0.25, -0.2) is 9.48 Å². The molecule has 0 saturated heterocycles. The van der Waals surface area contributed by atoms with Crippen LogP contribution in [-0.2, 0) is 6.54 Å². The van der Waals surface area contributed by atoms with Gasteiger partial charge >= 0.3 is 5.97 Å². The van der Waals surface area contributed by atoms with Gasteiger partial charge in [-0.3, -0.25) is 0 Å². The van der Waals surface area contributed by atoms with Gasteiger partial charge in [-0.15, -0.1) is 5.10 Å². The van der Waals surface area contributed by atoms with Crippen molar-refractivity contribution >= 4 is 5.97 Å². The molecule has 5 heteroatoms. The second kappa shape index (κ2) is 4.71. The van der Waals surface area contributed by atoms with E-state index in [-0.39, 0.29) is 5.69 Å². The zero-order valence-corrected chi connectivity index (χ0v) is 10.5. The van der Waals surface area contributed by atoms with Crippen LogP contribution in [0.25, 0.3) is 0 Å². The topological polar surface area (TPSA) is 68.0 Å². The normalized spacial score (nSPS) is 20.4. The Kier molecular flexibility index (Phi) is 3.06. The van der Waals surface area contributed by atoms with Crippen molar-refractivity contribution < 1.29 is 9.90 Å². The van der Waals surface area contributed by atoms with Gasteiger partial charge in [0.1, 0.15) is 0 Å². The Hall–Kier alpha value is -1.39. The number of rotatable bonds is 5. The van der Waals surface area contributed by atoms with Crippen molar-refractivity contribution in [1.29, 1.82) is 0 Å². The van der Waals surface area contributed by atoms with Gasteiger partial charge in [-0.1, -0.05) is 30.9 Å². The van der Waals surface area contributed by atoms with Crippen LogP contribution in [0.15, 0.2) is 0 Å². The maximum Gasteiger partial charge on any atom is 0.358 e. The van der Waals surface area contributed by atoms with E-state index >= 15 is 0 Å². The van der Waals surface area contributed by atoms with Gasteiger partial charge in [-0.2, -0.15) is 0 Å². The summed E-state index contributed by atoms with van der Waals surface area (Å²) in [6.45, 7) is 0.830. The summed E-state index contributed by atoms with van der Waals surface area (Å²) in [4.78, 5) is 11.2. The third-order valence-electron chi connectivity index (χ3n) is 4.44. The fourth-order valence-electron chi connectivity index (χ4n) is 2.81. The van der Waals surface area contributed by atoms with Gasteiger partial charge in [0.15, 0.2) is 5.69 Å². The predicted octanol–water partition coefficient (Wildman–Crippen LogP) is 2.43. The molecule has 0 bridgehead atoms. The number of aromatic carboxylic acids is 1. The quantitative estimate of drug-likeness (QED) is 0.870. The van der Waals surface area contributed by atoms with Crippen molar-refractivity contribution in [3.8, 4) is 0 Å². The standard InChI is InChI=1S/C13H19N3O2/c17-13(18)11-12(10-5-2-6-10)16(15-14-11)8-7-9-3-1-4-9/h9-10H,1-8H2,(H,17,18). The van der Waals surface area contributed by atoms with Crippen molar-refractivity contribution in [2.45, 2.75) is 57.4 Å². The van der Waals surface area contributed by atoms with Crippen LogP contribution in [0.4, 0.5) is 0 Å². The highest BCUT2D eigenvalue weighted by Crippen LogP contribution is 2.38. The van der Waals surface area contributed by atoms with E-state index in [1.807, 2.05) is 4.68 Å². The lowest BCUT2D eigenvalue weighted by Gasteiger charge is -2.28. The molecule has 0 unspecified atom stereocenters. The molecule has 18 heavy (non-hydrogen) atoms. The maximum atomic E-state index is 11.2. The number of hydrogen-bond donors (Lipinski definition) is 1. The molecule has 5 nitrogen and oxygen atoms in total. The lowest BCUT2D eigenvalue weighted by atomic mass is 9.81. The molecule has 0 aromatic carbocycles. The summed E-state index contributed by atoms with van der Waals surface area (Å²) in [5, 5.41) is 17.1. The van der Waals surface area contributed by atoms with Gasteiger partial charge in [0.05, 0.1) is 5.69 Å². The SMILES string of the molecule is O=C(O)c1nnn(CCC2CCC2)c1C1CCC1. The van der Waals surface area contributed by atoms with Gasteiger partial charge in [-0.05, 0) is 25.2 Å². The van der Waals surface area contributed by atoms with Crippen LogP contribution in [-0.4, -0.2) is 26.1 Å². The van der Waals surface area contributed by atoms with Gasteiger partial charge in [0, 0.05) is 12.5 Å². The number of carboxylic acid groups (broad SMARTS) is 1. The van der Waals surface area contributed by atoms with Crippen LogP contribution in [0.2, 0.25) is 0 Å². The molecule has 1 N–H and O–H groups in total. The Morgan fingerprint density at radius 1 is 1.28 bits per heavy atom. The first kappa shape index (κ1) is 11.7. The zero-order valence-electron chi connectivity index (χ0n) is 10.5. The highest BCUT2D eigenvalue weighted by Gasteiger charge is 2.30. The molecule has 2 aliphatic rings. The molecule has 3 rings (SSSR count). The van der Waals surface area contributed by atoms with Crippen LogP contribution in [0.5, 0.6) is 0 Å². The molecule has 2 aliphatic carbocycles. The minimum absolute atomic E-state index is 0.174. The van der Waals surface area contributed by atoms with Crippen LogP contribution in [0, 0.1) is 5.92 Å². The third-order valence-corrected chi connectivity index (χ3v) is 4.44. The number of carbonyl (C=O) groups is 1. The number of aromatic nitrogens is 3. The summed E-state index contributed by atoms with van der Waals surface area (Å²) in [5.41, 5.74) is 1.04. The lowest BCUT2D eigenvalue weighted by Crippen LogP contribution is -2.20. The third kappa shape index (κ3) is 2.02. The molecule has 98 valence electrons. The van der Waals surface area contributed by atoms with Crippen molar-refractivity contribution in [3.63, 3.8) is 0 Å². The Labute approximate surface area is 106 Å². The van der Waals surface area contributed by atoms with Crippen LogP contribution in [0.3, 0.4) is 0 Å². The summed E-state index contributed by atoms with van der Waals surface area (Å²) in [6, 6.07) is 0. The van der Waals surface area contributed by atoms with E-state index < -0.39 is 5.97 Å². The monoisotopic (exact) mass is 249 g/mol. The molecule has 1 aromatic heterocycles. The first-order chi connectivity index (χ1) is 8.75. The molecule has 1 aromatic rings. The number of aryl methyl sites for hydroxylation is 1. The van der Waals surface area contributed by atoms with E-state index in [1.165, 1.54) is 25.7 Å². The fraction of sp³-hybridized carbons (Fsp3) is 0.769. The summed E-state index contributed by atoms with van der Waals surface area (Å²) < 4.78 is 1.85. The molecule has 0 amide bonds. The molecular weight excluding hydrogens is 230 g/mol. The molecule has 0 radical (unpaired) electrons. The first-order valence-corrected chi connectivity index (χ1v) is 6.92. The summed E-state index contributed by atoms with van der Waals surface area (Å²) in [6.07, 6.45) is 8.45. The molecule has 2 fully saturated rings. The van der Waals surface area contributed by atoms with Crippen molar-refractivity contribution in [2.24, 2.45) is 5.92 Å². The van der Waals surface area contributed by atoms with Gasteiger partial charge < -0.3 is 5.11 Å². The first-order valence-electron chi connectivity index (χ1n) is 6.92. The molecule has 0 atom stereocenters. The van der Waals surface area contributed by atoms with E-state index in [0.717, 1.165) is 37.4 Å². The minimum atomic E-state index is -0.938. The largest absolute Gasteiger partial charge is 0.476 e. The number of nitrogens with zero attached hydrogens (tertiary/aromatic N) is 3. The Morgan fingerprint density at radius 2 is 2.00 bits per heavy atom. The Balaban J connectivity index is 1.76. The minimum Gasteiger partial charge on any atom is -0.476 e. The van der Waals surface area contributed by atoms with Gasteiger partial charge in [0.2, 0.25) is 0 Å². The Bertz CT molecular complexity index is 447. The van der Waals surface area contributed by atoms with E-state index in [1.54, 1.807) is 0 Å². The molecule has 0 spiro atoms. The zero-order chi connectivity index (χ0) is 12.5. The predicted molar refractivity (Wildman–Crippen MR) is 65.5 cm³/mol. The summed E-state index contributed by atoms with van der Waals surface area (Å²) in [7, 11) is 0. The average molecular weight is 249 g/mol. The number of carboxylic acids is 1. The molecular formula is C13H19N3O2. The second-order valence-corrected chi connectivity index (χ2v) is 5.57. The van der Waals surface area contributed by atoms with E-state index in [9.17, 15) is 4.79 Å². The lowest BCUT2D eigenvalue weighted by molar-refractivity contribution is 0.0687. The summed E-state index contributed by atoms with van der Waals surface area (Å²) >= 11 is 0. The molecule has 2 saturated carbocycles. The van der Waals surface area contributed by atoms with Crippen LogP contribution < -0.4 is 0 Å². The highest BCUT2D eigenvalue weighted by atomic mass is 16.4. The van der Waals surface area contributed by atoms with E-state index in [2.05, 4.69) is 10.3 Å². The fourth-order valence-corrected chi connectivity index (χ4v) is 2.81. The number of hydrogen-bond acceptors (Lipinski definition) is 3. The average Bonchev–Trinajstić information content (AvgIpc) is 2.57. The van der Waals surface area contributed by atoms with E-state index in [4.69, 9.17) is 5.11 Å². The second-order valence-electron chi connectivity index (χ2n) is 5.57. The molecule has 1 heterocycles. The smallest absolute Gasteiger partial charge is 0.358 e. The highest BCUT2D eigenvalue weighted by molar-refractivity contribution is 5.86.